The number of ether oxygens (including phenoxy) is 4. The fraction of sp³-hybridized carbons (Fsp3) is 0.644. The van der Waals surface area contributed by atoms with Gasteiger partial charge in [0.15, 0.2) is 0 Å². The van der Waals surface area contributed by atoms with Gasteiger partial charge in [0, 0.05) is 0 Å². The number of benzene rings is 2. The lowest BCUT2D eigenvalue weighted by Gasteiger charge is -2.30. The lowest BCUT2D eigenvalue weighted by molar-refractivity contribution is -0.157. The van der Waals surface area contributed by atoms with E-state index < -0.39 is 19.5 Å². The van der Waals surface area contributed by atoms with Gasteiger partial charge in [-0.15, -0.1) is 17.0 Å². The highest BCUT2D eigenvalue weighted by molar-refractivity contribution is 9.10. The molecule has 0 radical (unpaired) electrons. The molecule has 0 aliphatic heterocycles. The number of esters is 4. The quantitative estimate of drug-likeness (QED) is 0.0443. The topological polar surface area (TPSA) is 105 Å². The van der Waals surface area contributed by atoms with Crippen LogP contribution in [0.2, 0.25) is 0 Å². The van der Waals surface area contributed by atoms with Crippen LogP contribution in [-0.4, -0.2) is 64.8 Å². The zero-order chi connectivity index (χ0) is 42.7. The van der Waals surface area contributed by atoms with Crippen molar-refractivity contribution in [1.82, 2.24) is 0 Å². The van der Waals surface area contributed by atoms with Crippen molar-refractivity contribution >= 4 is 88.6 Å². The molecule has 0 spiro atoms. The Labute approximate surface area is 380 Å². The van der Waals surface area contributed by atoms with Crippen LogP contribution in [0.25, 0.3) is 0 Å². The van der Waals surface area contributed by atoms with Crippen LogP contribution < -0.4 is 0 Å². The van der Waals surface area contributed by atoms with Crippen LogP contribution in [-0.2, 0) is 51.0 Å². The predicted molar refractivity (Wildman–Crippen MR) is 249 cm³/mol. The molecule has 0 bridgehead atoms. The molecule has 2 aromatic rings. The Morgan fingerprint density at radius 2 is 0.772 bits per heavy atom. The summed E-state index contributed by atoms with van der Waals surface area (Å²) in [5.41, 5.74) is 1.13. The maximum Gasteiger partial charge on any atom is 0.322 e. The average Bonchev–Trinajstić information content (AvgIpc) is 3.16. The second kappa shape index (κ2) is 31.2. The first kappa shape index (κ1) is 57.3. The molecule has 2 rings (SSSR count). The monoisotopic (exact) mass is 1050 g/mol. The fourth-order valence-corrected chi connectivity index (χ4v) is 7.50. The molecule has 0 amide bonds. The van der Waals surface area contributed by atoms with Crippen LogP contribution in [0, 0.1) is 10.8 Å². The molecule has 2 aromatic carbocycles. The first-order valence-electron chi connectivity index (χ1n) is 19.9. The van der Waals surface area contributed by atoms with Gasteiger partial charge in [-0.1, -0.05) is 122 Å². The van der Waals surface area contributed by atoms with Gasteiger partial charge >= 0.3 is 23.9 Å². The van der Waals surface area contributed by atoms with Gasteiger partial charge in [0.1, 0.15) is 8.65 Å². The Morgan fingerprint density at radius 1 is 0.474 bits per heavy atom. The summed E-state index contributed by atoms with van der Waals surface area (Å²) in [6.45, 7) is 16.2. The highest BCUT2D eigenvalue weighted by atomic mass is 79.9. The van der Waals surface area contributed by atoms with Crippen molar-refractivity contribution < 1.29 is 38.1 Å². The summed E-state index contributed by atoms with van der Waals surface area (Å²) in [4.78, 5) is 49.2. The SMILES string of the molecule is Br.CBr.CCCOC(=O)C(C)(Br)CC(C)(C)C(=O)OCCCCCc1ccccc1.CCCOC(=O)C(C)(Br)CC(C)(C)C(=O)OCCCCCc1ccccc1. The highest BCUT2D eigenvalue weighted by Gasteiger charge is 2.43. The maximum absolute atomic E-state index is 12.4. The molecule has 2 atom stereocenters. The Kier molecular flexibility index (Phi) is 31.3. The number of unbranched alkanes of at least 4 members (excludes halogenated alkanes) is 4. The fourth-order valence-electron chi connectivity index (χ4n) is 5.86. The van der Waals surface area contributed by atoms with Crippen molar-refractivity contribution in [3.05, 3.63) is 71.8 Å². The van der Waals surface area contributed by atoms with E-state index in [0.29, 0.717) is 39.3 Å². The largest absolute Gasteiger partial charge is 0.465 e. The summed E-state index contributed by atoms with van der Waals surface area (Å²) in [5.74, 6) is 0.573. The molecule has 326 valence electrons. The molecule has 0 aliphatic carbocycles. The van der Waals surface area contributed by atoms with Crippen LogP contribution in [0.4, 0.5) is 0 Å². The zero-order valence-corrected chi connectivity index (χ0v) is 42.4. The van der Waals surface area contributed by atoms with E-state index in [4.69, 9.17) is 18.9 Å². The number of rotatable bonds is 24. The second-order valence-corrected chi connectivity index (χ2v) is 19.2. The Bertz CT molecular complexity index is 1280. The van der Waals surface area contributed by atoms with E-state index in [9.17, 15) is 19.2 Å². The Hall–Kier alpha value is -1.76. The molecule has 0 saturated carbocycles. The van der Waals surface area contributed by atoms with Crippen LogP contribution in [0.1, 0.15) is 131 Å². The van der Waals surface area contributed by atoms with Gasteiger partial charge in [-0.05, 0) is 136 Å². The van der Waals surface area contributed by atoms with Gasteiger partial charge in [-0.3, -0.25) is 19.2 Å². The minimum absolute atomic E-state index is 0. The van der Waals surface area contributed by atoms with Gasteiger partial charge < -0.3 is 18.9 Å². The second-order valence-electron chi connectivity index (χ2n) is 15.7. The Morgan fingerprint density at radius 3 is 1.07 bits per heavy atom. The minimum Gasteiger partial charge on any atom is -0.465 e. The molecular weight excluding hydrogens is 988 g/mol. The molecule has 0 fully saturated rings. The van der Waals surface area contributed by atoms with Crippen molar-refractivity contribution in [2.45, 2.75) is 141 Å². The van der Waals surface area contributed by atoms with Gasteiger partial charge in [-0.2, -0.15) is 0 Å². The third-order valence-electron chi connectivity index (χ3n) is 8.75. The standard InChI is InChI=1S/2C22H33BrO4.CH3Br.BrH/c2*1-5-15-26-20(25)22(4,23)17-21(2,3)19(24)27-16-11-7-10-14-18-12-8-6-9-13-18;1-2;/h2*6,8-9,12-13H,5,7,10-11,14-17H2,1-4H3;1H3;1H. The number of halogens is 4. The first-order valence-corrected chi connectivity index (χ1v) is 23.1. The van der Waals surface area contributed by atoms with Crippen molar-refractivity contribution in [1.29, 1.82) is 0 Å². The highest BCUT2D eigenvalue weighted by Crippen LogP contribution is 2.37. The molecule has 0 N–H and O–H groups in total. The van der Waals surface area contributed by atoms with Crippen LogP contribution in [0.15, 0.2) is 60.7 Å². The van der Waals surface area contributed by atoms with Crippen molar-refractivity contribution in [3.8, 4) is 0 Å². The summed E-state index contributed by atoms with van der Waals surface area (Å²) < 4.78 is 19.5. The molecule has 0 saturated heterocycles. The van der Waals surface area contributed by atoms with E-state index in [0.717, 1.165) is 64.2 Å². The molecule has 0 aliphatic rings. The maximum atomic E-state index is 12.4. The van der Waals surface area contributed by atoms with E-state index in [-0.39, 0.29) is 40.9 Å². The molecule has 57 heavy (non-hydrogen) atoms. The van der Waals surface area contributed by atoms with E-state index in [1.54, 1.807) is 41.5 Å². The van der Waals surface area contributed by atoms with E-state index in [1.807, 2.05) is 31.8 Å². The molecule has 0 heterocycles. The summed E-state index contributed by atoms with van der Waals surface area (Å²) >= 11 is 9.79. The summed E-state index contributed by atoms with van der Waals surface area (Å²) in [6.07, 6.45) is 10.1. The smallest absolute Gasteiger partial charge is 0.322 e. The minimum atomic E-state index is -0.902. The molecule has 12 heteroatoms. The number of hydrogen-bond acceptors (Lipinski definition) is 8. The molecular formula is C45H70Br4O8. The number of alkyl halides is 3. The van der Waals surface area contributed by atoms with Gasteiger partial charge in [-0.25, -0.2) is 0 Å². The zero-order valence-electron chi connectivity index (χ0n) is 35.9. The van der Waals surface area contributed by atoms with Crippen molar-refractivity contribution in [2.75, 3.05) is 32.3 Å². The number of aryl methyl sites for hydroxylation is 2. The average molecular weight is 1060 g/mol. The number of carbonyl (C=O) groups is 4. The van der Waals surface area contributed by atoms with E-state index in [2.05, 4.69) is 96.3 Å². The molecule has 0 aromatic heterocycles. The van der Waals surface area contributed by atoms with Gasteiger partial charge in [0.25, 0.3) is 0 Å². The van der Waals surface area contributed by atoms with E-state index in [1.165, 1.54) is 11.1 Å². The van der Waals surface area contributed by atoms with Crippen LogP contribution in [0.3, 0.4) is 0 Å². The van der Waals surface area contributed by atoms with E-state index >= 15 is 0 Å². The number of hydrogen-bond donors (Lipinski definition) is 0. The molecule has 2 unspecified atom stereocenters. The Balaban J connectivity index is 0. The predicted octanol–water partition coefficient (Wildman–Crippen LogP) is 12.5. The van der Waals surface area contributed by atoms with Crippen LogP contribution >= 0.6 is 64.8 Å². The molecule has 8 nitrogen and oxygen atoms in total. The number of carbonyl (C=O) groups excluding carboxylic acids is 4. The third kappa shape index (κ3) is 25.5. The summed E-state index contributed by atoms with van der Waals surface area (Å²) in [6, 6.07) is 20.8. The van der Waals surface area contributed by atoms with Gasteiger partial charge in [0.2, 0.25) is 0 Å². The lowest BCUT2D eigenvalue weighted by atomic mass is 9.83. The van der Waals surface area contributed by atoms with Crippen LogP contribution in [0.5, 0.6) is 0 Å². The van der Waals surface area contributed by atoms with Crippen molar-refractivity contribution in [3.63, 3.8) is 0 Å². The van der Waals surface area contributed by atoms with Crippen molar-refractivity contribution in [2.24, 2.45) is 10.8 Å². The normalized spacial score (nSPS) is 13.1. The summed E-state index contributed by atoms with van der Waals surface area (Å²) in [5, 5.41) is 0. The summed E-state index contributed by atoms with van der Waals surface area (Å²) in [7, 11) is 0. The first-order chi connectivity index (χ1) is 26.4. The van der Waals surface area contributed by atoms with Gasteiger partial charge in [0.05, 0.1) is 37.3 Å². The third-order valence-corrected chi connectivity index (χ3v) is 9.96. The lowest BCUT2D eigenvalue weighted by Crippen LogP contribution is -2.39.